The van der Waals surface area contributed by atoms with Crippen LogP contribution in [0.4, 0.5) is 0 Å². The number of thioether (sulfide) groups is 1. The number of carbonyl (C=O) groups excluding carboxylic acids is 2. The Morgan fingerprint density at radius 3 is 2.38 bits per heavy atom. The second-order valence-electron chi connectivity index (χ2n) is 7.40. The van der Waals surface area contributed by atoms with Gasteiger partial charge in [0.2, 0.25) is 5.91 Å². The van der Waals surface area contributed by atoms with Crippen LogP contribution in [0, 0.1) is 20.8 Å². The Labute approximate surface area is 175 Å². The van der Waals surface area contributed by atoms with Crippen LogP contribution >= 0.6 is 11.8 Å². The number of amides is 2. The zero-order valence-corrected chi connectivity index (χ0v) is 18.3. The lowest BCUT2D eigenvalue weighted by atomic mass is 10.0. The minimum atomic E-state index is -0.192. The molecule has 8 heteroatoms. The van der Waals surface area contributed by atoms with Gasteiger partial charge in [-0.2, -0.15) is 0 Å². The summed E-state index contributed by atoms with van der Waals surface area (Å²) in [5.41, 5.74) is 2.96. The van der Waals surface area contributed by atoms with Crippen LogP contribution in [0.2, 0.25) is 0 Å². The van der Waals surface area contributed by atoms with Crippen LogP contribution in [0.15, 0.2) is 21.7 Å². The number of nitrogens with zero attached hydrogens (tertiary/aromatic N) is 3. The van der Waals surface area contributed by atoms with E-state index in [0.717, 1.165) is 40.7 Å². The summed E-state index contributed by atoms with van der Waals surface area (Å²) in [6, 6.07) is 3.52. The molecule has 3 rings (SSSR count). The van der Waals surface area contributed by atoms with Crippen molar-refractivity contribution in [3.05, 3.63) is 40.6 Å². The number of carbonyl (C=O) groups is 2. The van der Waals surface area contributed by atoms with E-state index < -0.39 is 0 Å². The maximum atomic E-state index is 12.6. The standard InChI is InChI=1S/C21H28N4O3S/c1-13-5-7-18(28-13)20(27)24-16-9-11-25(12-10-16)19(26)8-6-17-14(2)22-21(29-4)23-15(17)3/h5,7,16H,6,8-12H2,1-4H3,(H,24,27). The number of nitrogens with one attached hydrogen (secondary N) is 1. The number of furan rings is 1. The number of hydrogen-bond acceptors (Lipinski definition) is 6. The van der Waals surface area contributed by atoms with E-state index in [-0.39, 0.29) is 17.9 Å². The Morgan fingerprint density at radius 2 is 1.83 bits per heavy atom. The van der Waals surface area contributed by atoms with Crippen molar-refractivity contribution in [1.82, 2.24) is 20.2 Å². The highest BCUT2D eigenvalue weighted by atomic mass is 32.2. The van der Waals surface area contributed by atoms with Crippen molar-refractivity contribution in [1.29, 1.82) is 0 Å². The molecular weight excluding hydrogens is 388 g/mol. The summed E-state index contributed by atoms with van der Waals surface area (Å²) >= 11 is 1.52. The highest BCUT2D eigenvalue weighted by Crippen LogP contribution is 2.19. The quantitative estimate of drug-likeness (QED) is 0.575. The molecule has 7 nitrogen and oxygen atoms in total. The third-order valence-corrected chi connectivity index (χ3v) is 5.87. The number of hydrogen-bond donors (Lipinski definition) is 1. The van der Waals surface area contributed by atoms with E-state index in [1.54, 1.807) is 12.1 Å². The fourth-order valence-corrected chi connectivity index (χ4v) is 4.09. The van der Waals surface area contributed by atoms with Gasteiger partial charge < -0.3 is 14.6 Å². The van der Waals surface area contributed by atoms with Gasteiger partial charge in [0.05, 0.1) is 0 Å². The predicted molar refractivity (Wildman–Crippen MR) is 112 cm³/mol. The van der Waals surface area contributed by atoms with Gasteiger partial charge in [-0.25, -0.2) is 9.97 Å². The summed E-state index contributed by atoms with van der Waals surface area (Å²) < 4.78 is 5.37. The number of likely N-dealkylation sites (tertiary alicyclic amines) is 1. The minimum Gasteiger partial charge on any atom is -0.456 e. The van der Waals surface area contributed by atoms with Gasteiger partial charge >= 0.3 is 0 Å². The fraction of sp³-hybridized carbons (Fsp3) is 0.524. The molecule has 2 aromatic rings. The first-order valence-electron chi connectivity index (χ1n) is 9.90. The first-order valence-corrected chi connectivity index (χ1v) is 11.1. The zero-order chi connectivity index (χ0) is 21.0. The molecule has 1 saturated heterocycles. The van der Waals surface area contributed by atoms with Crippen LogP contribution in [0.1, 0.15) is 52.5 Å². The van der Waals surface area contributed by atoms with Gasteiger partial charge in [0.25, 0.3) is 5.91 Å². The molecule has 0 spiro atoms. The van der Waals surface area contributed by atoms with Crippen LogP contribution in [-0.2, 0) is 11.2 Å². The lowest BCUT2D eigenvalue weighted by Crippen LogP contribution is -2.46. The van der Waals surface area contributed by atoms with Gasteiger partial charge in [0.1, 0.15) is 5.76 Å². The van der Waals surface area contributed by atoms with Crippen LogP contribution in [0.3, 0.4) is 0 Å². The molecule has 29 heavy (non-hydrogen) atoms. The molecule has 2 amide bonds. The Bertz CT molecular complexity index is 865. The van der Waals surface area contributed by atoms with E-state index in [1.165, 1.54) is 11.8 Å². The molecule has 1 aliphatic rings. The highest BCUT2D eigenvalue weighted by Gasteiger charge is 2.25. The average Bonchev–Trinajstić information content (AvgIpc) is 3.14. The number of piperidine rings is 1. The molecule has 0 atom stereocenters. The lowest BCUT2D eigenvalue weighted by molar-refractivity contribution is -0.132. The summed E-state index contributed by atoms with van der Waals surface area (Å²) in [5, 5.41) is 3.77. The molecule has 0 radical (unpaired) electrons. The van der Waals surface area contributed by atoms with Crippen molar-refractivity contribution < 1.29 is 14.0 Å². The Hall–Kier alpha value is -2.35. The first kappa shape index (κ1) is 21.4. The molecular formula is C21H28N4O3S. The smallest absolute Gasteiger partial charge is 0.287 e. The van der Waals surface area contributed by atoms with Crippen molar-refractivity contribution in [2.75, 3.05) is 19.3 Å². The Morgan fingerprint density at radius 1 is 1.17 bits per heavy atom. The molecule has 2 aromatic heterocycles. The SMILES string of the molecule is CSc1nc(C)c(CCC(=O)N2CCC(NC(=O)c3ccc(C)o3)CC2)c(C)n1. The predicted octanol–water partition coefficient (Wildman–Crippen LogP) is 3.07. The van der Waals surface area contributed by atoms with E-state index in [0.29, 0.717) is 31.7 Å². The maximum absolute atomic E-state index is 12.6. The molecule has 3 heterocycles. The van der Waals surface area contributed by atoms with E-state index in [4.69, 9.17) is 4.42 Å². The molecule has 0 aliphatic carbocycles. The molecule has 0 saturated carbocycles. The molecule has 0 unspecified atom stereocenters. The zero-order valence-electron chi connectivity index (χ0n) is 17.4. The normalized spacial score (nSPS) is 14.8. The summed E-state index contributed by atoms with van der Waals surface area (Å²) in [7, 11) is 0. The van der Waals surface area contributed by atoms with Crippen LogP contribution < -0.4 is 5.32 Å². The number of aryl methyl sites for hydroxylation is 3. The van der Waals surface area contributed by atoms with Crippen LogP contribution in [0.5, 0.6) is 0 Å². The third kappa shape index (κ3) is 5.38. The maximum Gasteiger partial charge on any atom is 0.287 e. The monoisotopic (exact) mass is 416 g/mol. The van der Waals surface area contributed by atoms with Gasteiger partial charge in [-0.05, 0) is 64.0 Å². The minimum absolute atomic E-state index is 0.0638. The molecule has 0 aromatic carbocycles. The average molecular weight is 417 g/mol. The van der Waals surface area contributed by atoms with Crippen molar-refractivity contribution in [2.24, 2.45) is 0 Å². The number of aromatic nitrogens is 2. The molecule has 1 fully saturated rings. The van der Waals surface area contributed by atoms with Gasteiger partial charge in [-0.3, -0.25) is 9.59 Å². The van der Waals surface area contributed by atoms with Crippen molar-refractivity contribution in [2.45, 2.75) is 57.7 Å². The fourth-order valence-electron chi connectivity index (χ4n) is 3.64. The van der Waals surface area contributed by atoms with Gasteiger partial charge in [-0.15, -0.1) is 0 Å². The third-order valence-electron chi connectivity index (χ3n) is 5.32. The van der Waals surface area contributed by atoms with E-state index in [9.17, 15) is 9.59 Å². The topological polar surface area (TPSA) is 88.3 Å². The summed E-state index contributed by atoms with van der Waals surface area (Å²) in [5.74, 6) is 1.00. The summed E-state index contributed by atoms with van der Waals surface area (Å²) in [6.07, 6.45) is 4.56. The van der Waals surface area contributed by atoms with Crippen molar-refractivity contribution >= 4 is 23.6 Å². The van der Waals surface area contributed by atoms with E-state index in [2.05, 4.69) is 15.3 Å². The van der Waals surface area contributed by atoms with Crippen molar-refractivity contribution in [3.8, 4) is 0 Å². The second-order valence-corrected chi connectivity index (χ2v) is 8.17. The first-order chi connectivity index (χ1) is 13.9. The molecule has 0 bridgehead atoms. The molecule has 1 N–H and O–H groups in total. The second kappa shape index (κ2) is 9.43. The Kier molecular flexibility index (Phi) is 6.95. The van der Waals surface area contributed by atoms with E-state index >= 15 is 0 Å². The largest absolute Gasteiger partial charge is 0.456 e. The van der Waals surface area contributed by atoms with Crippen LogP contribution in [0.25, 0.3) is 0 Å². The summed E-state index contributed by atoms with van der Waals surface area (Å²) in [4.78, 5) is 35.7. The Balaban J connectivity index is 1.47. The lowest BCUT2D eigenvalue weighted by Gasteiger charge is -2.32. The molecule has 156 valence electrons. The van der Waals surface area contributed by atoms with E-state index in [1.807, 2.05) is 31.9 Å². The van der Waals surface area contributed by atoms with Crippen LogP contribution in [-0.4, -0.2) is 52.1 Å². The number of rotatable bonds is 6. The van der Waals surface area contributed by atoms with Gasteiger partial charge in [0.15, 0.2) is 10.9 Å². The van der Waals surface area contributed by atoms with Gasteiger partial charge in [-0.1, -0.05) is 11.8 Å². The van der Waals surface area contributed by atoms with Gasteiger partial charge in [0, 0.05) is 36.9 Å². The highest BCUT2D eigenvalue weighted by molar-refractivity contribution is 7.98. The van der Waals surface area contributed by atoms with Crippen molar-refractivity contribution in [3.63, 3.8) is 0 Å². The summed E-state index contributed by atoms with van der Waals surface area (Å²) in [6.45, 7) is 7.07. The molecule has 1 aliphatic heterocycles.